The Hall–Kier alpha value is -2.87. The van der Waals surface area contributed by atoms with Crippen LogP contribution in [-0.2, 0) is 0 Å². The van der Waals surface area contributed by atoms with Crippen molar-refractivity contribution in [2.75, 3.05) is 30.4 Å². The van der Waals surface area contributed by atoms with Gasteiger partial charge in [0.15, 0.2) is 16.8 Å². The molecule has 2 aliphatic rings. The number of nitrogens with zero attached hydrogens (tertiary/aromatic N) is 3. The zero-order valence-corrected chi connectivity index (χ0v) is 18.9. The number of benzene rings is 1. The van der Waals surface area contributed by atoms with Crippen molar-refractivity contribution in [1.29, 1.82) is 0 Å². The van der Waals surface area contributed by atoms with E-state index in [4.69, 9.17) is 21.9 Å². The molecule has 3 N–H and O–H groups in total. The van der Waals surface area contributed by atoms with Gasteiger partial charge in [-0.15, -0.1) is 0 Å². The Morgan fingerprint density at radius 3 is 2.90 bits per heavy atom. The molecule has 0 spiro atoms. The van der Waals surface area contributed by atoms with Gasteiger partial charge in [0.25, 0.3) is 0 Å². The Balaban J connectivity index is 1.68. The van der Waals surface area contributed by atoms with Gasteiger partial charge in [0, 0.05) is 30.9 Å². The van der Waals surface area contributed by atoms with Crippen LogP contribution in [0.5, 0.6) is 5.75 Å². The summed E-state index contributed by atoms with van der Waals surface area (Å²) in [5.41, 5.74) is 3.74. The molecule has 0 saturated heterocycles. The summed E-state index contributed by atoms with van der Waals surface area (Å²) < 4.78 is 5.38. The minimum absolute atomic E-state index is 0.335. The molecule has 0 bridgehead atoms. The van der Waals surface area contributed by atoms with Crippen LogP contribution in [-0.4, -0.2) is 43.0 Å². The normalized spacial score (nSPS) is 16.4. The highest BCUT2D eigenvalue weighted by molar-refractivity contribution is 7.80. The van der Waals surface area contributed by atoms with E-state index in [0.717, 1.165) is 59.6 Å². The molecule has 7 nitrogen and oxygen atoms in total. The molecule has 160 valence electrons. The smallest absolute Gasteiger partial charge is 0.181 e. The molecule has 1 aromatic carbocycles. The molecule has 0 saturated carbocycles. The molecule has 0 amide bonds. The molecule has 2 heterocycles. The molecule has 1 aromatic rings. The van der Waals surface area contributed by atoms with Crippen molar-refractivity contribution in [2.24, 2.45) is 9.98 Å². The Labute approximate surface area is 184 Å². The van der Waals surface area contributed by atoms with E-state index in [-0.39, 0.29) is 0 Å². The van der Waals surface area contributed by atoms with Gasteiger partial charge in [-0.2, -0.15) is 0 Å². The maximum atomic E-state index is 5.38. The maximum Gasteiger partial charge on any atom is 0.181 e. The number of ether oxygens (including phenoxy) is 1. The molecule has 0 fully saturated rings. The van der Waals surface area contributed by atoms with Gasteiger partial charge in [0.05, 0.1) is 24.2 Å². The molecule has 0 atom stereocenters. The van der Waals surface area contributed by atoms with Crippen molar-refractivity contribution in [3.05, 3.63) is 42.2 Å². The highest BCUT2D eigenvalue weighted by Gasteiger charge is 2.31. The third-order valence-corrected chi connectivity index (χ3v) is 4.92. The summed E-state index contributed by atoms with van der Waals surface area (Å²) in [6, 6.07) is 6.29. The van der Waals surface area contributed by atoms with E-state index in [1.165, 1.54) is 0 Å². The fraction of sp³-hybridized carbons (Fsp3) is 0.409. The molecule has 0 unspecified atom stereocenters. The fourth-order valence-corrected chi connectivity index (χ4v) is 3.67. The fourth-order valence-electron chi connectivity index (χ4n) is 3.33. The number of methoxy groups -OCH3 is 1. The summed E-state index contributed by atoms with van der Waals surface area (Å²) in [6.45, 7) is 11.7. The van der Waals surface area contributed by atoms with Gasteiger partial charge in [-0.1, -0.05) is 6.58 Å². The van der Waals surface area contributed by atoms with Gasteiger partial charge in [0.1, 0.15) is 5.75 Å². The number of amidine groups is 2. The number of unbranched alkanes of at least 4 members (excludes halogenated alkanes) is 1. The number of allylic oxidation sites excluding steroid dienone is 2. The van der Waals surface area contributed by atoms with Gasteiger partial charge < -0.3 is 20.7 Å². The molecule has 0 aromatic heterocycles. The number of thiocarbonyl (C=S) groups is 1. The van der Waals surface area contributed by atoms with E-state index in [1.807, 2.05) is 24.3 Å². The lowest BCUT2D eigenvalue weighted by atomic mass is 10.1. The Morgan fingerprint density at radius 1 is 1.37 bits per heavy atom. The minimum atomic E-state index is 0.335. The minimum Gasteiger partial charge on any atom is -0.497 e. The quantitative estimate of drug-likeness (QED) is 0.455. The Morgan fingerprint density at radius 2 is 2.17 bits per heavy atom. The van der Waals surface area contributed by atoms with Crippen LogP contribution in [0, 0.1) is 0 Å². The second-order valence-electron chi connectivity index (χ2n) is 7.55. The second kappa shape index (κ2) is 9.75. The van der Waals surface area contributed by atoms with Crippen LogP contribution in [0.4, 0.5) is 11.4 Å². The lowest BCUT2D eigenvalue weighted by molar-refractivity contribution is 0.415. The number of fused-ring (bicyclic) bond motifs is 3. The van der Waals surface area contributed by atoms with Crippen molar-refractivity contribution in [3.63, 3.8) is 0 Å². The highest BCUT2D eigenvalue weighted by Crippen LogP contribution is 2.37. The van der Waals surface area contributed by atoms with Crippen LogP contribution in [0.2, 0.25) is 0 Å². The Bertz CT molecular complexity index is 918. The van der Waals surface area contributed by atoms with Crippen LogP contribution in [0.3, 0.4) is 0 Å². The molecule has 3 rings (SSSR count). The molecular weight excluding hydrogens is 396 g/mol. The maximum absolute atomic E-state index is 5.38. The summed E-state index contributed by atoms with van der Waals surface area (Å²) in [7, 11) is 1.67. The summed E-state index contributed by atoms with van der Waals surface area (Å²) >= 11 is 5.25. The van der Waals surface area contributed by atoms with Crippen molar-refractivity contribution in [3.8, 4) is 5.75 Å². The monoisotopic (exact) mass is 426 g/mol. The third kappa shape index (κ3) is 5.18. The summed E-state index contributed by atoms with van der Waals surface area (Å²) in [5.74, 6) is 2.31. The first-order valence-electron chi connectivity index (χ1n) is 10.2. The molecular formula is C22H30N6OS. The summed E-state index contributed by atoms with van der Waals surface area (Å²) in [4.78, 5) is 11.6. The van der Waals surface area contributed by atoms with Gasteiger partial charge in [-0.05, 0) is 64.0 Å². The largest absolute Gasteiger partial charge is 0.497 e. The van der Waals surface area contributed by atoms with Crippen LogP contribution in [0.1, 0.15) is 33.6 Å². The van der Waals surface area contributed by atoms with Crippen molar-refractivity contribution < 1.29 is 4.74 Å². The number of rotatable bonds is 7. The van der Waals surface area contributed by atoms with Crippen LogP contribution >= 0.6 is 12.2 Å². The predicted octanol–water partition coefficient (Wildman–Crippen LogP) is 3.81. The molecule has 0 aliphatic carbocycles. The first kappa shape index (κ1) is 21.8. The topological polar surface area (TPSA) is 73.3 Å². The van der Waals surface area contributed by atoms with Gasteiger partial charge >= 0.3 is 0 Å². The average Bonchev–Trinajstić information content (AvgIpc) is 2.69. The zero-order valence-electron chi connectivity index (χ0n) is 18.1. The van der Waals surface area contributed by atoms with E-state index in [0.29, 0.717) is 17.7 Å². The standard InChI is InChI=1S/C22H30N6OS/c1-14(2)25-22(30)24-11-7-6-10-23-20-21-26-15(3)12-16(4)28(21)19-9-8-17(29-5)13-18(19)27-20/h8-9,12-14H,3,6-7,10-11H2,1-2,4-5H3,(H,23,27)(H2,24,25,30). The zero-order chi connectivity index (χ0) is 21.7. The van der Waals surface area contributed by atoms with E-state index >= 15 is 0 Å². The molecule has 8 heteroatoms. The van der Waals surface area contributed by atoms with Gasteiger partial charge in [-0.3, -0.25) is 9.89 Å². The molecule has 30 heavy (non-hydrogen) atoms. The number of hydrogen-bond acceptors (Lipinski definition) is 5. The van der Waals surface area contributed by atoms with E-state index < -0.39 is 0 Å². The highest BCUT2D eigenvalue weighted by atomic mass is 32.1. The summed E-state index contributed by atoms with van der Waals surface area (Å²) in [6.07, 6.45) is 3.89. The van der Waals surface area contributed by atoms with Crippen LogP contribution in [0.15, 0.2) is 52.2 Å². The van der Waals surface area contributed by atoms with E-state index in [2.05, 4.69) is 53.2 Å². The first-order valence-corrected chi connectivity index (χ1v) is 10.6. The lowest BCUT2D eigenvalue weighted by Gasteiger charge is -2.36. The first-order chi connectivity index (χ1) is 14.4. The van der Waals surface area contributed by atoms with Crippen LogP contribution < -0.4 is 25.6 Å². The number of hydrogen-bond donors (Lipinski definition) is 3. The molecule has 2 aliphatic heterocycles. The average molecular weight is 427 g/mol. The van der Waals surface area contributed by atoms with Crippen molar-refractivity contribution in [1.82, 2.24) is 10.6 Å². The number of aliphatic imine (C=N–C) groups is 2. The molecule has 0 radical (unpaired) electrons. The summed E-state index contributed by atoms with van der Waals surface area (Å²) in [5, 5.41) is 10.5. The van der Waals surface area contributed by atoms with Gasteiger partial charge in [-0.25, -0.2) is 4.99 Å². The van der Waals surface area contributed by atoms with Crippen LogP contribution in [0.25, 0.3) is 0 Å². The predicted molar refractivity (Wildman–Crippen MR) is 130 cm³/mol. The second-order valence-corrected chi connectivity index (χ2v) is 7.96. The third-order valence-electron chi connectivity index (χ3n) is 4.66. The van der Waals surface area contributed by atoms with E-state index in [1.54, 1.807) is 7.11 Å². The lowest BCUT2D eigenvalue weighted by Crippen LogP contribution is -2.44. The number of anilines is 2. The number of nitrogens with one attached hydrogen (secondary N) is 3. The SMILES string of the molecule is C=C1C=C(C)N2C(=N1)C(=NCCCCNC(=S)NC(C)C)Nc1cc(OC)ccc12. The Kier molecular flexibility index (Phi) is 7.10. The van der Waals surface area contributed by atoms with Gasteiger partial charge in [0.2, 0.25) is 0 Å². The van der Waals surface area contributed by atoms with E-state index in [9.17, 15) is 0 Å². The van der Waals surface area contributed by atoms with Crippen molar-refractivity contribution in [2.45, 2.75) is 39.7 Å². The van der Waals surface area contributed by atoms with Crippen molar-refractivity contribution >= 4 is 40.4 Å².